The van der Waals surface area contributed by atoms with Crippen LogP contribution in [0.15, 0.2) is 0 Å². The first-order valence-corrected chi connectivity index (χ1v) is 8.01. The number of carbonyl (C=O) groups is 1. The van der Waals surface area contributed by atoms with Crippen LogP contribution in [0.25, 0.3) is 0 Å². The Labute approximate surface area is 121 Å². The van der Waals surface area contributed by atoms with Crippen LogP contribution < -0.4 is 11.1 Å². The lowest BCUT2D eigenvalue weighted by Gasteiger charge is -2.37. The van der Waals surface area contributed by atoms with E-state index in [1.807, 2.05) is 0 Å². The SMILES string of the molecule is NCC[C@H]1CC[C@H](NC(=O)C2CCCCC2)[C@@H](CO)O1. The van der Waals surface area contributed by atoms with Crippen LogP contribution in [0.3, 0.4) is 0 Å². The van der Waals surface area contributed by atoms with Crippen molar-refractivity contribution in [3.05, 3.63) is 0 Å². The Balaban J connectivity index is 1.83. The smallest absolute Gasteiger partial charge is 0.223 e. The Bertz CT molecular complexity index is 305. The van der Waals surface area contributed by atoms with Crippen molar-refractivity contribution in [1.82, 2.24) is 5.32 Å². The van der Waals surface area contributed by atoms with E-state index in [1.165, 1.54) is 6.42 Å². The Morgan fingerprint density at radius 1 is 1.20 bits per heavy atom. The molecule has 1 saturated carbocycles. The van der Waals surface area contributed by atoms with E-state index in [4.69, 9.17) is 10.5 Å². The maximum atomic E-state index is 12.3. The minimum Gasteiger partial charge on any atom is -0.394 e. The highest BCUT2D eigenvalue weighted by Crippen LogP contribution is 2.26. The second kappa shape index (κ2) is 7.96. The summed E-state index contributed by atoms with van der Waals surface area (Å²) in [6.45, 7) is 0.554. The van der Waals surface area contributed by atoms with E-state index in [1.54, 1.807) is 0 Å². The maximum Gasteiger partial charge on any atom is 0.223 e. The van der Waals surface area contributed by atoms with Gasteiger partial charge in [0.2, 0.25) is 5.91 Å². The fourth-order valence-electron chi connectivity index (χ4n) is 3.36. The van der Waals surface area contributed by atoms with Crippen molar-refractivity contribution in [1.29, 1.82) is 0 Å². The molecule has 0 aromatic carbocycles. The molecule has 5 heteroatoms. The van der Waals surface area contributed by atoms with E-state index in [2.05, 4.69) is 5.32 Å². The van der Waals surface area contributed by atoms with Crippen LogP contribution in [0.1, 0.15) is 51.4 Å². The van der Waals surface area contributed by atoms with Crippen molar-refractivity contribution in [2.45, 2.75) is 69.6 Å². The standard InChI is InChI=1S/C15H28N2O3/c16-9-8-12-6-7-13(14(10-18)20-12)17-15(19)11-4-2-1-3-5-11/h11-14,18H,1-10,16H2,(H,17,19)/t12-,13+,14-/m1/s1. The summed E-state index contributed by atoms with van der Waals surface area (Å²) in [5.41, 5.74) is 5.55. The zero-order valence-electron chi connectivity index (χ0n) is 12.2. The van der Waals surface area contributed by atoms with Crippen LogP contribution in [0, 0.1) is 5.92 Å². The summed E-state index contributed by atoms with van der Waals surface area (Å²) in [5.74, 6) is 0.305. The van der Waals surface area contributed by atoms with Gasteiger partial charge in [0, 0.05) is 5.92 Å². The lowest BCUT2D eigenvalue weighted by molar-refractivity contribution is -0.132. The van der Waals surface area contributed by atoms with Crippen molar-refractivity contribution in [3.63, 3.8) is 0 Å². The molecule has 1 saturated heterocycles. The highest BCUT2D eigenvalue weighted by Gasteiger charge is 2.33. The van der Waals surface area contributed by atoms with Crippen LogP contribution in [-0.2, 0) is 9.53 Å². The van der Waals surface area contributed by atoms with Gasteiger partial charge in [-0.15, -0.1) is 0 Å². The van der Waals surface area contributed by atoms with Gasteiger partial charge in [-0.3, -0.25) is 4.79 Å². The molecule has 20 heavy (non-hydrogen) atoms. The number of ether oxygens (including phenoxy) is 1. The number of hydrogen-bond acceptors (Lipinski definition) is 4. The summed E-state index contributed by atoms with van der Waals surface area (Å²) in [4.78, 5) is 12.3. The minimum atomic E-state index is -0.284. The molecule has 1 aliphatic heterocycles. The van der Waals surface area contributed by atoms with E-state index in [0.29, 0.717) is 6.54 Å². The van der Waals surface area contributed by atoms with Crippen molar-refractivity contribution in [2.24, 2.45) is 11.7 Å². The molecule has 1 aliphatic carbocycles. The molecule has 0 aromatic heterocycles. The Kier molecular flexibility index (Phi) is 6.26. The molecule has 2 aliphatic rings. The molecule has 3 atom stereocenters. The number of aliphatic hydroxyl groups is 1. The molecule has 116 valence electrons. The summed E-state index contributed by atoms with van der Waals surface area (Å²) in [6, 6.07) is -0.0524. The normalized spacial score (nSPS) is 32.0. The number of amides is 1. The van der Waals surface area contributed by atoms with E-state index in [-0.39, 0.29) is 36.7 Å². The third kappa shape index (κ3) is 4.17. The van der Waals surface area contributed by atoms with Gasteiger partial charge < -0.3 is 20.9 Å². The van der Waals surface area contributed by atoms with Gasteiger partial charge in [0.1, 0.15) is 6.10 Å². The molecule has 2 rings (SSSR count). The topological polar surface area (TPSA) is 84.6 Å². The summed E-state index contributed by atoms with van der Waals surface area (Å²) in [5, 5.41) is 12.6. The lowest BCUT2D eigenvalue weighted by atomic mass is 9.88. The molecule has 1 heterocycles. The molecular weight excluding hydrogens is 256 g/mol. The quantitative estimate of drug-likeness (QED) is 0.701. The number of nitrogens with two attached hydrogens (primary N) is 1. The zero-order valence-corrected chi connectivity index (χ0v) is 12.2. The molecule has 2 fully saturated rings. The average molecular weight is 284 g/mol. The second-order valence-corrected chi connectivity index (χ2v) is 6.08. The number of rotatable bonds is 5. The lowest BCUT2D eigenvalue weighted by Crippen LogP contribution is -2.52. The Morgan fingerprint density at radius 3 is 2.60 bits per heavy atom. The molecule has 1 amide bonds. The number of nitrogens with one attached hydrogen (secondary N) is 1. The fourth-order valence-corrected chi connectivity index (χ4v) is 3.36. The number of aliphatic hydroxyl groups excluding tert-OH is 1. The third-order valence-corrected chi connectivity index (χ3v) is 4.59. The first kappa shape index (κ1) is 15.7. The predicted molar refractivity (Wildman–Crippen MR) is 77.2 cm³/mol. The molecule has 0 spiro atoms. The predicted octanol–water partition coefficient (Wildman–Crippen LogP) is 0.940. The maximum absolute atomic E-state index is 12.3. The summed E-state index contributed by atoms with van der Waals surface area (Å²) in [6.07, 6.45) is 7.99. The molecule has 0 aromatic rings. The monoisotopic (exact) mass is 284 g/mol. The summed E-state index contributed by atoms with van der Waals surface area (Å²) >= 11 is 0. The molecule has 0 radical (unpaired) electrons. The van der Waals surface area contributed by atoms with Crippen molar-refractivity contribution in [3.8, 4) is 0 Å². The molecule has 4 N–H and O–H groups in total. The second-order valence-electron chi connectivity index (χ2n) is 6.08. The minimum absolute atomic E-state index is 0.0450. The first-order chi connectivity index (χ1) is 9.74. The van der Waals surface area contributed by atoms with Crippen LogP contribution in [0.4, 0.5) is 0 Å². The van der Waals surface area contributed by atoms with E-state index in [0.717, 1.165) is 44.9 Å². The highest BCUT2D eigenvalue weighted by atomic mass is 16.5. The Morgan fingerprint density at radius 2 is 1.95 bits per heavy atom. The molecule has 5 nitrogen and oxygen atoms in total. The van der Waals surface area contributed by atoms with Gasteiger partial charge in [0.25, 0.3) is 0 Å². The summed E-state index contributed by atoms with van der Waals surface area (Å²) in [7, 11) is 0. The van der Waals surface area contributed by atoms with E-state index < -0.39 is 0 Å². The largest absolute Gasteiger partial charge is 0.394 e. The van der Waals surface area contributed by atoms with Crippen molar-refractivity contribution < 1.29 is 14.6 Å². The van der Waals surface area contributed by atoms with Crippen LogP contribution in [0.5, 0.6) is 0 Å². The van der Waals surface area contributed by atoms with E-state index >= 15 is 0 Å². The first-order valence-electron chi connectivity index (χ1n) is 8.01. The van der Waals surface area contributed by atoms with Gasteiger partial charge in [-0.2, -0.15) is 0 Å². The van der Waals surface area contributed by atoms with Gasteiger partial charge in [0.05, 0.1) is 18.8 Å². The van der Waals surface area contributed by atoms with Gasteiger partial charge in [-0.25, -0.2) is 0 Å². The Hall–Kier alpha value is -0.650. The highest BCUT2D eigenvalue weighted by molar-refractivity contribution is 5.79. The molecule has 0 bridgehead atoms. The van der Waals surface area contributed by atoms with Gasteiger partial charge in [-0.05, 0) is 38.6 Å². The van der Waals surface area contributed by atoms with Crippen LogP contribution in [0.2, 0.25) is 0 Å². The van der Waals surface area contributed by atoms with Crippen LogP contribution >= 0.6 is 0 Å². The molecule has 0 unspecified atom stereocenters. The third-order valence-electron chi connectivity index (χ3n) is 4.59. The van der Waals surface area contributed by atoms with Crippen molar-refractivity contribution >= 4 is 5.91 Å². The van der Waals surface area contributed by atoms with Crippen LogP contribution in [-0.4, -0.2) is 42.4 Å². The van der Waals surface area contributed by atoms with Gasteiger partial charge >= 0.3 is 0 Å². The zero-order chi connectivity index (χ0) is 14.4. The van der Waals surface area contributed by atoms with E-state index in [9.17, 15) is 9.90 Å². The summed E-state index contributed by atoms with van der Waals surface area (Å²) < 4.78 is 5.83. The van der Waals surface area contributed by atoms with Gasteiger partial charge in [0.15, 0.2) is 0 Å². The average Bonchev–Trinajstić information content (AvgIpc) is 2.50. The van der Waals surface area contributed by atoms with Gasteiger partial charge in [-0.1, -0.05) is 19.3 Å². The number of hydrogen-bond donors (Lipinski definition) is 3. The van der Waals surface area contributed by atoms with Crippen molar-refractivity contribution in [2.75, 3.05) is 13.2 Å². The number of carbonyl (C=O) groups excluding carboxylic acids is 1. The fraction of sp³-hybridized carbons (Fsp3) is 0.933. The molecular formula is C15H28N2O3.